The lowest BCUT2D eigenvalue weighted by atomic mass is 10.2. The highest BCUT2D eigenvalue weighted by Crippen LogP contribution is 2.32. The fraction of sp³-hybridized carbons (Fsp3) is 0.190. The number of nitrogens with one attached hydrogen (secondary N) is 1. The Morgan fingerprint density at radius 3 is 2.57 bits per heavy atom. The van der Waals surface area contributed by atoms with Crippen LogP contribution in [0.5, 0.6) is 5.75 Å². The molecule has 1 heterocycles. The van der Waals surface area contributed by atoms with Crippen LogP contribution >= 0.6 is 35.0 Å². The van der Waals surface area contributed by atoms with E-state index >= 15 is 0 Å². The van der Waals surface area contributed by atoms with Crippen LogP contribution in [0.2, 0.25) is 10.0 Å². The highest BCUT2D eigenvalue weighted by Gasteiger charge is 2.34. The lowest BCUT2D eigenvalue weighted by Crippen LogP contribution is -2.29. The third-order valence-electron chi connectivity index (χ3n) is 4.28. The van der Waals surface area contributed by atoms with Crippen molar-refractivity contribution in [1.82, 2.24) is 4.90 Å². The molecular weight excluding hydrogens is 447 g/mol. The number of rotatable bonds is 7. The second-order valence-electron chi connectivity index (χ2n) is 6.38. The van der Waals surface area contributed by atoms with Gasteiger partial charge in [-0.2, -0.15) is 0 Å². The minimum atomic E-state index is -0.359. The Balaban J connectivity index is 1.54. The zero-order valence-corrected chi connectivity index (χ0v) is 18.3. The lowest BCUT2D eigenvalue weighted by molar-refractivity contribution is -0.123. The van der Waals surface area contributed by atoms with Gasteiger partial charge in [0, 0.05) is 18.0 Å². The first kappa shape index (κ1) is 22.2. The molecule has 0 unspecified atom stereocenters. The summed E-state index contributed by atoms with van der Waals surface area (Å²) in [5.41, 5.74) is 1.25. The van der Waals surface area contributed by atoms with E-state index in [1.807, 2.05) is 0 Å². The van der Waals surface area contributed by atoms with E-state index in [0.29, 0.717) is 32.8 Å². The molecule has 156 valence electrons. The number of thioether (sulfide) groups is 1. The van der Waals surface area contributed by atoms with Crippen LogP contribution in [0.4, 0.5) is 10.5 Å². The first-order valence-electron chi connectivity index (χ1n) is 9.01. The van der Waals surface area contributed by atoms with Crippen LogP contribution in [-0.4, -0.2) is 35.6 Å². The smallest absolute Gasteiger partial charge is 0.293 e. The Morgan fingerprint density at radius 2 is 1.90 bits per heavy atom. The Morgan fingerprint density at radius 1 is 1.17 bits per heavy atom. The van der Waals surface area contributed by atoms with E-state index < -0.39 is 0 Å². The number of hydrogen-bond donors (Lipinski definition) is 1. The number of anilines is 1. The van der Waals surface area contributed by atoms with Gasteiger partial charge in [0.2, 0.25) is 5.91 Å². The Labute approximate surface area is 188 Å². The predicted molar refractivity (Wildman–Crippen MR) is 120 cm³/mol. The molecule has 6 nitrogen and oxygen atoms in total. The minimum Gasteiger partial charge on any atom is -0.497 e. The van der Waals surface area contributed by atoms with Crippen molar-refractivity contribution in [2.45, 2.75) is 12.8 Å². The molecule has 3 rings (SSSR count). The van der Waals surface area contributed by atoms with E-state index in [4.69, 9.17) is 27.9 Å². The first-order valence-corrected chi connectivity index (χ1v) is 10.6. The molecule has 0 radical (unpaired) electrons. The fourth-order valence-electron chi connectivity index (χ4n) is 2.75. The topological polar surface area (TPSA) is 75.7 Å². The predicted octanol–water partition coefficient (Wildman–Crippen LogP) is 5.46. The summed E-state index contributed by atoms with van der Waals surface area (Å²) in [4.78, 5) is 38.4. The molecule has 3 amide bonds. The summed E-state index contributed by atoms with van der Waals surface area (Å²) >= 11 is 12.8. The molecule has 0 spiro atoms. The van der Waals surface area contributed by atoms with Gasteiger partial charge in [-0.15, -0.1) is 0 Å². The molecule has 1 fully saturated rings. The summed E-state index contributed by atoms with van der Waals surface area (Å²) in [6, 6.07) is 11.9. The highest BCUT2D eigenvalue weighted by molar-refractivity contribution is 8.18. The zero-order valence-electron chi connectivity index (χ0n) is 16.0. The van der Waals surface area contributed by atoms with Crippen LogP contribution in [0.3, 0.4) is 0 Å². The van der Waals surface area contributed by atoms with E-state index in [1.165, 1.54) is 6.07 Å². The van der Waals surface area contributed by atoms with Gasteiger partial charge in [0.25, 0.3) is 11.1 Å². The zero-order chi connectivity index (χ0) is 21.7. The van der Waals surface area contributed by atoms with Crippen molar-refractivity contribution in [3.63, 3.8) is 0 Å². The fourth-order valence-corrected chi connectivity index (χ4v) is 4.07. The van der Waals surface area contributed by atoms with Gasteiger partial charge in [0.15, 0.2) is 0 Å². The van der Waals surface area contributed by atoms with Gasteiger partial charge in [-0.1, -0.05) is 35.3 Å². The van der Waals surface area contributed by atoms with Crippen LogP contribution in [-0.2, 0) is 9.59 Å². The third kappa shape index (κ3) is 5.56. The molecule has 2 aromatic rings. The van der Waals surface area contributed by atoms with Gasteiger partial charge in [0.05, 0.1) is 22.7 Å². The number of benzene rings is 2. The maximum absolute atomic E-state index is 12.5. The summed E-state index contributed by atoms with van der Waals surface area (Å²) in [7, 11) is 1.57. The average molecular weight is 465 g/mol. The molecular formula is C21H18Cl2N2O4S. The van der Waals surface area contributed by atoms with E-state index in [0.717, 1.165) is 22.2 Å². The molecule has 0 atom stereocenters. The van der Waals surface area contributed by atoms with E-state index in [1.54, 1.807) is 49.6 Å². The van der Waals surface area contributed by atoms with Crippen molar-refractivity contribution in [2.24, 2.45) is 0 Å². The van der Waals surface area contributed by atoms with E-state index in [9.17, 15) is 14.4 Å². The summed E-state index contributed by atoms with van der Waals surface area (Å²) in [6.07, 6.45) is 2.14. The van der Waals surface area contributed by atoms with Crippen LogP contribution in [0.1, 0.15) is 18.4 Å². The number of amides is 3. The Kier molecular flexibility index (Phi) is 7.42. The Hall–Kier alpha value is -2.48. The van der Waals surface area contributed by atoms with Crippen LogP contribution in [0.15, 0.2) is 47.4 Å². The van der Waals surface area contributed by atoms with E-state index in [2.05, 4.69) is 5.32 Å². The maximum atomic E-state index is 12.5. The van der Waals surface area contributed by atoms with Gasteiger partial charge in [0.1, 0.15) is 5.75 Å². The molecule has 2 aromatic carbocycles. The minimum absolute atomic E-state index is 0.137. The largest absolute Gasteiger partial charge is 0.497 e. The molecule has 1 N–H and O–H groups in total. The SMILES string of the molecule is COc1ccc(/C=C2\SC(=O)N(CCCC(=O)Nc3ccc(Cl)cc3Cl)C2=O)cc1. The second kappa shape index (κ2) is 10.0. The number of nitrogens with zero attached hydrogens (tertiary/aromatic N) is 1. The van der Waals surface area contributed by atoms with Gasteiger partial charge in [-0.25, -0.2) is 0 Å². The van der Waals surface area contributed by atoms with Crippen molar-refractivity contribution >= 4 is 63.8 Å². The Bertz CT molecular complexity index is 1010. The number of imide groups is 1. The molecule has 0 bridgehead atoms. The standard InChI is InChI=1S/C21H18Cl2N2O4S/c1-29-15-7-4-13(5-8-15)11-18-20(27)25(21(28)30-18)10-2-3-19(26)24-17-9-6-14(22)12-16(17)23/h4-9,11-12H,2-3,10H2,1H3,(H,24,26)/b18-11-. The molecule has 1 saturated heterocycles. The van der Waals surface area contributed by atoms with Crippen molar-refractivity contribution in [3.05, 3.63) is 63.0 Å². The van der Waals surface area contributed by atoms with Crippen LogP contribution in [0.25, 0.3) is 6.08 Å². The van der Waals surface area contributed by atoms with E-state index in [-0.39, 0.29) is 30.0 Å². The van der Waals surface area contributed by atoms with Crippen LogP contribution < -0.4 is 10.1 Å². The molecule has 30 heavy (non-hydrogen) atoms. The summed E-state index contributed by atoms with van der Waals surface area (Å²) in [5, 5.41) is 3.16. The number of methoxy groups -OCH3 is 1. The third-order valence-corrected chi connectivity index (χ3v) is 5.73. The highest BCUT2D eigenvalue weighted by atomic mass is 35.5. The number of ether oxygens (including phenoxy) is 1. The number of carbonyl (C=O) groups excluding carboxylic acids is 3. The van der Waals surface area contributed by atoms with Crippen LogP contribution in [0, 0.1) is 0 Å². The van der Waals surface area contributed by atoms with Crippen molar-refractivity contribution in [2.75, 3.05) is 19.0 Å². The number of hydrogen-bond acceptors (Lipinski definition) is 5. The lowest BCUT2D eigenvalue weighted by Gasteiger charge is -2.12. The van der Waals surface area contributed by atoms with Gasteiger partial charge >= 0.3 is 0 Å². The summed E-state index contributed by atoms with van der Waals surface area (Å²) in [6.45, 7) is 0.159. The number of carbonyl (C=O) groups is 3. The molecule has 0 saturated carbocycles. The molecule has 0 aliphatic carbocycles. The molecule has 1 aliphatic heterocycles. The summed E-state index contributed by atoms with van der Waals surface area (Å²) < 4.78 is 5.11. The van der Waals surface area contributed by atoms with Gasteiger partial charge in [-0.3, -0.25) is 19.3 Å². The monoisotopic (exact) mass is 464 g/mol. The molecule has 1 aliphatic rings. The molecule has 9 heteroatoms. The summed E-state index contributed by atoms with van der Waals surface area (Å²) in [5.74, 6) is 0.0837. The second-order valence-corrected chi connectivity index (χ2v) is 8.22. The molecule has 0 aromatic heterocycles. The van der Waals surface area contributed by atoms with Crippen molar-refractivity contribution in [3.8, 4) is 5.75 Å². The van der Waals surface area contributed by atoms with Crippen molar-refractivity contribution < 1.29 is 19.1 Å². The normalized spacial score (nSPS) is 15.0. The number of halogens is 2. The first-order chi connectivity index (χ1) is 14.4. The maximum Gasteiger partial charge on any atom is 0.293 e. The van der Waals surface area contributed by atoms with Gasteiger partial charge in [-0.05, 0) is 60.2 Å². The quantitative estimate of drug-likeness (QED) is 0.550. The van der Waals surface area contributed by atoms with Crippen molar-refractivity contribution in [1.29, 1.82) is 0 Å². The average Bonchev–Trinajstić information content (AvgIpc) is 2.98. The van der Waals surface area contributed by atoms with Gasteiger partial charge < -0.3 is 10.1 Å².